The number of allylic oxidation sites excluding steroid dienone is 5. The Balaban J connectivity index is 0.000000420. The maximum atomic E-state index is 5.76. The molecule has 0 saturated heterocycles. The van der Waals surface area contributed by atoms with Crippen molar-refractivity contribution in [3.63, 3.8) is 0 Å². The maximum absolute atomic E-state index is 5.76. The minimum absolute atomic E-state index is 0. The molecule has 154 valence electrons. The summed E-state index contributed by atoms with van der Waals surface area (Å²) >= 11 is 0. The van der Waals surface area contributed by atoms with Crippen molar-refractivity contribution in [3.05, 3.63) is 48.7 Å². The molecule has 0 N–H and O–H groups in total. The third kappa shape index (κ3) is 5.74. The molecule has 3 heteroatoms. The van der Waals surface area contributed by atoms with Crippen molar-refractivity contribution in [2.24, 2.45) is 4.74 Å². The molecule has 0 spiro atoms. The fraction of sp³-hybridized carbons (Fsp3) is 0.680. The largest absolute Gasteiger partial charge is 0.271 e. The summed E-state index contributed by atoms with van der Waals surface area (Å²) in [7, 11) is -1.17. The maximum Gasteiger partial charge on any atom is 0.0425 e. The summed E-state index contributed by atoms with van der Waals surface area (Å²) in [4.78, 5) is 0. The zero-order valence-corrected chi connectivity index (χ0v) is 20.5. The van der Waals surface area contributed by atoms with E-state index in [2.05, 4.69) is 31.4 Å². The van der Waals surface area contributed by atoms with Gasteiger partial charge in [0, 0.05) is 33.8 Å². The molecule has 0 aromatic rings. The molecule has 3 saturated carbocycles. The second-order valence-electron chi connectivity index (χ2n) is 9.05. The third-order valence-corrected chi connectivity index (χ3v) is 12.8. The van der Waals surface area contributed by atoms with E-state index in [-0.39, 0.29) is 21.7 Å². The van der Waals surface area contributed by atoms with Gasteiger partial charge in [0.25, 0.3) is 0 Å². The van der Waals surface area contributed by atoms with E-state index in [1.54, 1.807) is 6.08 Å². The molecular formula is C25H40NPTi. The molecule has 0 heterocycles. The van der Waals surface area contributed by atoms with Crippen LogP contribution in [0.15, 0.2) is 53.5 Å². The average molecular weight is 433 g/mol. The van der Waals surface area contributed by atoms with E-state index < -0.39 is 7.05 Å². The van der Waals surface area contributed by atoms with Gasteiger partial charge >= 0.3 is 0 Å². The van der Waals surface area contributed by atoms with Gasteiger partial charge in [-0.2, -0.15) is 0 Å². The second-order valence-corrected chi connectivity index (χ2v) is 13.0. The van der Waals surface area contributed by atoms with Crippen molar-refractivity contribution in [1.82, 2.24) is 0 Å². The Morgan fingerprint density at radius 1 is 0.929 bits per heavy atom. The molecule has 0 unspecified atom stereocenters. The summed E-state index contributed by atoms with van der Waals surface area (Å²) < 4.78 is 5.76. The SMILES string of the molecule is C1=CCC(N=P(C2CCCC2)(C2CCCC2)C2CCCC2)=C1.C=CC(=C)C.[Ti]. The Morgan fingerprint density at radius 2 is 1.32 bits per heavy atom. The molecule has 1 nitrogen and oxygen atoms in total. The van der Waals surface area contributed by atoms with Crippen molar-refractivity contribution < 1.29 is 21.7 Å². The first-order chi connectivity index (χ1) is 13.2. The molecule has 3 fully saturated rings. The first-order valence-corrected chi connectivity index (χ1v) is 13.4. The molecule has 0 aromatic carbocycles. The van der Waals surface area contributed by atoms with Gasteiger partial charge < -0.3 is 0 Å². The Labute approximate surface area is 189 Å². The molecule has 0 radical (unpaired) electrons. The Kier molecular flexibility index (Phi) is 10.3. The first-order valence-electron chi connectivity index (χ1n) is 11.4. The van der Waals surface area contributed by atoms with Gasteiger partial charge in [0.15, 0.2) is 0 Å². The normalized spacial score (nSPS) is 23.1. The molecular weight excluding hydrogens is 393 g/mol. The van der Waals surface area contributed by atoms with Crippen LogP contribution >= 0.6 is 7.05 Å². The van der Waals surface area contributed by atoms with E-state index in [1.165, 1.54) is 82.7 Å². The van der Waals surface area contributed by atoms with Crippen LogP contribution in [-0.4, -0.2) is 17.0 Å². The van der Waals surface area contributed by atoms with Gasteiger partial charge in [0.1, 0.15) is 0 Å². The van der Waals surface area contributed by atoms with Gasteiger partial charge in [0.05, 0.1) is 0 Å². The fourth-order valence-electron chi connectivity index (χ4n) is 5.83. The average Bonchev–Trinajstić information content (AvgIpc) is 3.48. The van der Waals surface area contributed by atoms with E-state index in [9.17, 15) is 0 Å². The molecule has 4 aliphatic rings. The van der Waals surface area contributed by atoms with Crippen molar-refractivity contribution in [2.45, 2.75) is 107 Å². The van der Waals surface area contributed by atoms with E-state index in [1.807, 2.05) is 6.92 Å². The van der Waals surface area contributed by atoms with Crippen LogP contribution in [0.3, 0.4) is 0 Å². The summed E-state index contributed by atoms with van der Waals surface area (Å²) in [5, 5.41) is 0. The van der Waals surface area contributed by atoms with Crippen LogP contribution in [0.5, 0.6) is 0 Å². The molecule has 0 atom stereocenters. The number of nitrogens with zero attached hydrogens (tertiary/aromatic N) is 1. The molecule has 0 aliphatic heterocycles. The minimum Gasteiger partial charge on any atom is -0.271 e. The van der Waals surface area contributed by atoms with Crippen molar-refractivity contribution in [1.29, 1.82) is 0 Å². The predicted octanol–water partition coefficient (Wildman–Crippen LogP) is 8.61. The summed E-state index contributed by atoms with van der Waals surface area (Å²) in [5.41, 5.74) is 5.46. The minimum atomic E-state index is -1.17. The van der Waals surface area contributed by atoms with E-state index in [0.29, 0.717) is 0 Å². The van der Waals surface area contributed by atoms with Gasteiger partial charge in [-0.15, -0.1) is 0 Å². The van der Waals surface area contributed by atoms with E-state index in [0.717, 1.165) is 29.0 Å². The van der Waals surface area contributed by atoms with Crippen molar-refractivity contribution in [2.75, 3.05) is 0 Å². The second kappa shape index (κ2) is 11.9. The van der Waals surface area contributed by atoms with Crippen LogP contribution in [0.1, 0.15) is 90.4 Å². The first kappa shape index (κ1) is 24.2. The molecule has 4 aliphatic carbocycles. The van der Waals surface area contributed by atoms with Crippen LogP contribution in [0.25, 0.3) is 0 Å². The zero-order chi connectivity index (χ0) is 19.1. The summed E-state index contributed by atoms with van der Waals surface area (Å²) in [6, 6.07) is 0. The van der Waals surface area contributed by atoms with Gasteiger partial charge in [-0.25, -0.2) is 0 Å². The van der Waals surface area contributed by atoms with Crippen LogP contribution in [0, 0.1) is 0 Å². The Morgan fingerprint density at radius 3 is 1.61 bits per heavy atom. The quantitative estimate of drug-likeness (QED) is 0.234. The Bertz CT molecular complexity index is 579. The van der Waals surface area contributed by atoms with Crippen LogP contribution in [0.2, 0.25) is 0 Å². The molecule has 0 amide bonds. The van der Waals surface area contributed by atoms with Gasteiger partial charge in [-0.1, -0.05) is 75.5 Å². The fourth-order valence-corrected chi connectivity index (χ4v) is 12.3. The number of hydrogen-bond acceptors (Lipinski definition) is 1. The monoisotopic (exact) mass is 433 g/mol. The van der Waals surface area contributed by atoms with Crippen LogP contribution < -0.4 is 0 Å². The molecule has 4 rings (SSSR count). The van der Waals surface area contributed by atoms with Gasteiger partial charge in [-0.3, -0.25) is 4.74 Å². The standard InChI is InChI=1S/C20H32NP.C5H8.Ti/c1-2-10-17(9-1)21-22(18-11-3-4-12-18,19-13-5-6-14-19)20-15-7-8-16-20;1-4-5(2)3;/h1-2,9,18-20H,3-8,10-16H2;4H,1-2H2,3H3;. The molecule has 28 heavy (non-hydrogen) atoms. The smallest absolute Gasteiger partial charge is 0.0425 e. The molecule has 0 aromatic heterocycles. The van der Waals surface area contributed by atoms with E-state index >= 15 is 0 Å². The van der Waals surface area contributed by atoms with Crippen molar-refractivity contribution in [3.8, 4) is 0 Å². The number of rotatable bonds is 5. The molecule has 0 bridgehead atoms. The summed E-state index contributed by atoms with van der Waals surface area (Å²) in [6.07, 6.45) is 27.7. The van der Waals surface area contributed by atoms with Crippen LogP contribution in [0.4, 0.5) is 0 Å². The van der Waals surface area contributed by atoms with E-state index in [4.69, 9.17) is 4.74 Å². The summed E-state index contributed by atoms with van der Waals surface area (Å²) in [6.45, 7) is 8.93. The van der Waals surface area contributed by atoms with Crippen molar-refractivity contribution >= 4 is 7.05 Å². The Hall–Kier alpha value is -0.0957. The number of hydrogen-bond donors (Lipinski definition) is 0. The topological polar surface area (TPSA) is 12.4 Å². The zero-order valence-electron chi connectivity index (χ0n) is 18.0. The van der Waals surface area contributed by atoms with Crippen LogP contribution in [-0.2, 0) is 21.7 Å². The van der Waals surface area contributed by atoms with Gasteiger partial charge in [-0.05, 0) is 75.6 Å². The van der Waals surface area contributed by atoms with Gasteiger partial charge in [0.2, 0.25) is 0 Å². The predicted molar refractivity (Wildman–Crippen MR) is 123 cm³/mol. The summed E-state index contributed by atoms with van der Waals surface area (Å²) in [5.74, 6) is 0. The third-order valence-electron chi connectivity index (χ3n) is 7.13.